The van der Waals surface area contributed by atoms with Crippen LogP contribution in [0, 0.1) is 11.3 Å². The van der Waals surface area contributed by atoms with E-state index in [2.05, 4.69) is 5.32 Å². The van der Waals surface area contributed by atoms with Crippen LogP contribution in [-0.2, 0) is 20.0 Å². The van der Waals surface area contributed by atoms with Gasteiger partial charge in [0.05, 0.1) is 17.0 Å². The monoisotopic (exact) mass is 456 g/mol. The van der Waals surface area contributed by atoms with Crippen LogP contribution in [0.3, 0.4) is 0 Å². The number of alkyl carbamates (subject to hydrolysis) is 1. The van der Waals surface area contributed by atoms with E-state index in [9.17, 15) is 18.5 Å². The third-order valence-electron chi connectivity index (χ3n) is 5.16. The van der Waals surface area contributed by atoms with Gasteiger partial charge in [-0.25, -0.2) is 13.2 Å². The van der Waals surface area contributed by atoms with Crippen molar-refractivity contribution in [3.8, 4) is 6.07 Å². The van der Waals surface area contributed by atoms with Crippen molar-refractivity contribution in [1.82, 2.24) is 5.32 Å². The molecule has 0 aromatic heterocycles. The Labute approximate surface area is 191 Å². The van der Waals surface area contributed by atoms with Crippen molar-refractivity contribution in [3.05, 3.63) is 65.7 Å². The molecule has 0 aliphatic carbocycles. The molecule has 0 unspecified atom stereocenters. The normalized spacial score (nSPS) is 15.2. The third-order valence-corrected chi connectivity index (χ3v) is 7.49. The van der Waals surface area contributed by atoms with Crippen molar-refractivity contribution in [2.45, 2.75) is 75.2 Å². The number of carbonyl (C=O) groups is 1. The van der Waals surface area contributed by atoms with Gasteiger partial charge in [0.1, 0.15) is 5.60 Å². The number of ether oxygens (including phenoxy) is 1. The molecule has 0 fully saturated rings. The Hall–Kier alpha value is -2.85. The molecule has 0 aliphatic heterocycles. The summed E-state index contributed by atoms with van der Waals surface area (Å²) in [6, 6.07) is 15.9. The van der Waals surface area contributed by atoms with Gasteiger partial charge in [0.15, 0.2) is 14.6 Å². The zero-order chi connectivity index (χ0) is 24.4. The second kappa shape index (κ2) is 8.95. The zero-order valence-corrected chi connectivity index (χ0v) is 20.6. The average molecular weight is 457 g/mol. The van der Waals surface area contributed by atoms with E-state index in [1.165, 1.54) is 19.1 Å². The molecular weight excluding hydrogens is 424 g/mol. The third kappa shape index (κ3) is 5.49. The molecular formula is C25H32N2O4S. The molecule has 7 heteroatoms. The van der Waals surface area contributed by atoms with Crippen LogP contribution >= 0.6 is 0 Å². The number of nitrogens with zero attached hydrogens (tertiary/aromatic N) is 1. The first-order valence-corrected chi connectivity index (χ1v) is 11.9. The number of hydrogen-bond donors (Lipinski definition) is 1. The van der Waals surface area contributed by atoms with E-state index in [4.69, 9.17) is 4.74 Å². The summed E-state index contributed by atoms with van der Waals surface area (Å²) in [6.07, 6.45) is -0.800. The molecule has 2 rings (SSSR count). The number of carbonyl (C=O) groups excluding carboxylic acids is 1. The Kier molecular flexibility index (Phi) is 7.11. The SMILES string of the molecule is CC(C)(C)OC(=O)N[C@@H](c1ccccc1)[C@@](C)(C#N)S(=O)(=O)c1ccc(C(C)(C)C)cc1. The van der Waals surface area contributed by atoms with Crippen molar-refractivity contribution in [2.75, 3.05) is 0 Å². The molecule has 0 heterocycles. The first-order chi connectivity index (χ1) is 14.6. The summed E-state index contributed by atoms with van der Waals surface area (Å²) < 4.78 is 30.8. The predicted octanol–water partition coefficient (Wildman–Crippen LogP) is 5.31. The Morgan fingerprint density at radius 3 is 1.91 bits per heavy atom. The van der Waals surface area contributed by atoms with Crippen molar-refractivity contribution < 1.29 is 17.9 Å². The Morgan fingerprint density at radius 2 is 1.47 bits per heavy atom. The van der Waals surface area contributed by atoms with E-state index in [-0.39, 0.29) is 10.3 Å². The van der Waals surface area contributed by atoms with Crippen LogP contribution in [0.15, 0.2) is 59.5 Å². The molecule has 172 valence electrons. The number of nitrogens with one attached hydrogen (secondary N) is 1. The lowest BCUT2D eigenvalue weighted by Crippen LogP contribution is -2.49. The van der Waals surface area contributed by atoms with Crippen LogP contribution in [0.5, 0.6) is 0 Å². The lowest BCUT2D eigenvalue weighted by molar-refractivity contribution is 0.0497. The number of amides is 1. The van der Waals surface area contributed by atoms with Gasteiger partial charge in [0.2, 0.25) is 0 Å². The van der Waals surface area contributed by atoms with Crippen LogP contribution in [-0.4, -0.2) is 24.9 Å². The fourth-order valence-electron chi connectivity index (χ4n) is 3.27. The lowest BCUT2D eigenvalue weighted by Gasteiger charge is -2.33. The molecule has 2 atom stereocenters. The van der Waals surface area contributed by atoms with Gasteiger partial charge in [-0.2, -0.15) is 5.26 Å². The highest BCUT2D eigenvalue weighted by atomic mass is 32.2. The highest BCUT2D eigenvalue weighted by Gasteiger charge is 2.49. The number of sulfone groups is 1. The topological polar surface area (TPSA) is 96.3 Å². The summed E-state index contributed by atoms with van der Waals surface area (Å²) in [5, 5.41) is 12.8. The van der Waals surface area contributed by atoms with E-state index in [1.807, 2.05) is 26.8 Å². The zero-order valence-electron chi connectivity index (χ0n) is 19.8. The van der Waals surface area contributed by atoms with Crippen LogP contribution in [0.1, 0.15) is 65.6 Å². The molecule has 0 saturated heterocycles. The number of benzene rings is 2. The minimum absolute atomic E-state index is 0.0152. The van der Waals surface area contributed by atoms with Crippen molar-refractivity contribution in [1.29, 1.82) is 5.26 Å². The largest absolute Gasteiger partial charge is 0.444 e. The fraction of sp³-hybridized carbons (Fsp3) is 0.440. The van der Waals surface area contributed by atoms with Crippen LogP contribution in [0.25, 0.3) is 0 Å². The molecule has 2 aromatic carbocycles. The summed E-state index contributed by atoms with van der Waals surface area (Å²) in [7, 11) is -4.18. The van der Waals surface area contributed by atoms with E-state index < -0.39 is 32.3 Å². The highest BCUT2D eigenvalue weighted by molar-refractivity contribution is 7.93. The summed E-state index contributed by atoms with van der Waals surface area (Å²) in [6.45, 7) is 12.6. The highest BCUT2D eigenvalue weighted by Crippen LogP contribution is 2.37. The van der Waals surface area contributed by atoms with Gasteiger partial charge in [0.25, 0.3) is 0 Å². The maximum absolute atomic E-state index is 13.7. The quantitative estimate of drug-likeness (QED) is 0.658. The minimum Gasteiger partial charge on any atom is -0.444 e. The van der Waals surface area contributed by atoms with Gasteiger partial charge in [0, 0.05) is 0 Å². The average Bonchev–Trinajstić information content (AvgIpc) is 2.70. The number of nitriles is 1. The molecule has 0 radical (unpaired) electrons. The first kappa shape index (κ1) is 25.4. The molecule has 1 amide bonds. The fourth-order valence-corrected chi connectivity index (χ4v) is 4.88. The Morgan fingerprint density at radius 1 is 0.938 bits per heavy atom. The van der Waals surface area contributed by atoms with E-state index in [1.54, 1.807) is 63.2 Å². The lowest BCUT2D eigenvalue weighted by atomic mass is 9.87. The van der Waals surface area contributed by atoms with E-state index in [0.717, 1.165) is 5.56 Å². The number of hydrogen-bond acceptors (Lipinski definition) is 5. The molecule has 0 saturated carbocycles. The first-order valence-electron chi connectivity index (χ1n) is 10.4. The van der Waals surface area contributed by atoms with Crippen molar-refractivity contribution >= 4 is 15.9 Å². The van der Waals surface area contributed by atoms with Crippen LogP contribution in [0.2, 0.25) is 0 Å². The van der Waals surface area contributed by atoms with E-state index in [0.29, 0.717) is 5.56 Å². The molecule has 0 bridgehead atoms. The second-order valence-electron chi connectivity index (χ2n) is 9.99. The van der Waals surface area contributed by atoms with Gasteiger partial charge >= 0.3 is 6.09 Å². The van der Waals surface area contributed by atoms with E-state index >= 15 is 0 Å². The molecule has 0 aliphatic rings. The molecule has 32 heavy (non-hydrogen) atoms. The van der Waals surface area contributed by atoms with Gasteiger partial charge in [-0.05, 0) is 56.4 Å². The summed E-state index contributed by atoms with van der Waals surface area (Å²) in [4.78, 5) is 12.6. The van der Waals surface area contributed by atoms with Gasteiger partial charge in [-0.1, -0.05) is 63.2 Å². The van der Waals surface area contributed by atoms with Crippen molar-refractivity contribution in [2.24, 2.45) is 0 Å². The summed E-state index contributed by atoms with van der Waals surface area (Å²) in [5.74, 6) is 0. The standard InChI is InChI=1S/C25H32N2O4S/c1-23(2,3)19-13-15-20(16-14-19)32(29,30)25(7,17-26)21(18-11-9-8-10-12-18)27-22(28)31-24(4,5)6/h8-16,21H,1-7H3,(H,27,28)/t21-,25+/m0/s1. The number of rotatable bonds is 5. The summed E-state index contributed by atoms with van der Waals surface area (Å²) in [5.41, 5.74) is 0.528. The Balaban J connectivity index is 2.58. The minimum atomic E-state index is -4.18. The van der Waals surface area contributed by atoms with Crippen molar-refractivity contribution in [3.63, 3.8) is 0 Å². The van der Waals surface area contributed by atoms with Crippen LogP contribution in [0.4, 0.5) is 4.79 Å². The molecule has 0 spiro atoms. The second-order valence-corrected chi connectivity index (χ2v) is 12.3. The summed E-state index contributed by atoms with van der Waals surface area (Å²) >= 11 is 0. The molecule has 1 N–H and O–H groups in total. The smallest absolute Gasteiger partial charge is 0.408 e. The maximum atomic E-state index is 13.7. The molecule has 2 aromatic rings. The van der Waals surface area contributed by atoms with Gasteiger partial charge in [-0.3, -0.25) is 0 Å². The van der Waals surface area contributed by atoms with Gasteiger partial charge in [-0.15, -0.1) is 0 Å². The maximum Gasteiger partial charge on any atom is 0.408 e. The Bertz CT molecular complexity index is 1090. The van der Waals surface area contributed by atoms with Gasteiger partial charge < -0.3 is 10.1 Å². The van der Waals surface area contributed by atoms with Crippen LogP contribution < -0.4 is 5.32 Å². The predicted molar refractivity (Wildman–Crippen MR) is 125 cm³/mol. The molecule has 6 nitrogen and oxygen atoms in total.